The smallest absolute Gasteiger partial charge is 0.398 e. The molecule has 23 heavy (non-hydrogen) atoms. The van der Waals surface area contributed by atoms with E-state index in [9.17, 15) is 18.0 Å². The summed E-state index contributed by atoms with van der Waals surface area (Å²) < 4.78 is 52.3. The number of hydrogen-bond acceptors (Lipinski definition) is 3. The summed E-state index contributed by atoms with van der Waals surface area (Å²) in [5.74, 6) is -0.667. The minimum Gasteiger partial charge on any atom is -0.497 e. The molecule has 2 aliphatic carbocycles. The lowest BCUT2D eigenvalue weighted by atomic mass is 9.64. The minimum atomic E-state index is -4.41. The quantitative estimate of drug-likeness (QED) is 0.770. The average molecular weight is 328 g/mol. The Morgan fingerprint density at radius 2 is 2.04 bits per heavy atom. The number of ether oxygens (including phenoxy) is 2. The van der Waals surface area contributed by atoms with Crippen molar-refractivity contribution in [3.8, 4) is 5.75 Å². The minimum absolute atomic E-state index is 0.0563. The normalized spacial score (nSPS) is 29.6. The summed E-state index contributed by atoms with van der Waals surface area (Å²) in [6.45, 7) is 1.17. The summed E-state index contributed by atoms with van der Waals surface area (Å²) in [5, 5.41) is 0. The number of rotatable bonds is 2. The number of hydrogen-bond donors (Lipinski definition) is 0. The molecule has 6 heteroatoms. The maximum Gasteiger partial charge on any atom is 0.398 e. The monoisotopic (exact) mass is 328 g/mol. The first-order chi connectivity index (χ1) is 10.8. The van der Waals surface area contributed by atoms with Crippen LogP contribution in [0.2, 0.25) is 0 Å². The molecule has 1 aromatic carbocycles. The fourth-order valence-corrected chi connectivity index (χ4v) is 4.32. The molecule has 3 rings (SSSR count). The first kappa shape index (κ1) is 16.1. The van der Waals surface area contributed by atoms with Gasteiger partial charge < -0.3 is 9.47 Å². The van der Waals surface area contributed by atoms with Crippen LogP contribution in [-0.2, 0) is 16.0 Å². The Balaban J connectivity index is 2.07. The lowest BCUT2D eigenvalue weighted by Crippen LogP contribution is -2.51. The van der Waals surface area contributed by atoms with E-state index in [1.54, 1.807) is 12.1 Å². The van der Waals surface area contributed by atoms with Crippen LogP contribution < -0.4 is 4.74 Å². The number of aryl methyl sites for hydroxylation is 1. The van der Waals surface area contributed by atoms with Gasteiger partial charge in [0.1, 0.15) is 17.3 Å². The summed E-state index contributed by atoms with van der Waals surface area (Å²) in [5.41, 5.74) is -0.359. The number of alkyl halides is 3. The summed E-state index contributed by atoms with van der Waals surface area (Å²) >= 11 is 0. The van der Waals surface area contributed by atoms with Crippen molar-refractivity contribution < 1.29 is 27.4 Å². The molecule has 1 aromatic rings. The van der Waals surface area contributed by atoms with Crippen molar-refractivity contribution in [1.29, 1.82) is 0 Å². The van der Waals surface area contributed by atoms with Gasteiger partial charge in [-0.1, -0.05) is 6.07 Å². The average Bonchev–Trinajstić information content (AvgIpc) is 2.85. The van der Waals surface area contributed by atoms with Gasteiger partial charge in [0.25, 0.3) is 0 Å². The Morgan fingerprint density at radius 1 is 1.30 bits per heavy atom. The largest absolute Gasteiger partial charge is 0.497 e. The van der Waals surface area contributed by atoms with Crippen molar-refractivity contribution >= 4 is 5.97 Å². The lowest BCUT2D eigenvalue weighted by molar-refractivity contribution is -0.260. The van der Waals surface area contributed by atoms with Gasteiger partial charge in [-0.3, -0.25) is 4.79 Å². The maximum absolute atomic E-state index is 14.0. The zero-order valence-corrected chi connectivity index (χ0v) is 13.1. The Hall–Kier alpha value is -1.72. The Morgan fingerprint density at radius 3 is 2.65 bits per heavy atom. The summed E-state index contributed by atoms with van der Waals surface area (Å²) in [6.07, 6.45) is -4.64. The fourth-order valence-electron chi connectivity index (χ4n) is 4.32. The number of halogens is 3. The van der Waals surface area contributed by atoms with E-state index in [2.05, 4.69) is 0 Å². The van der Waals surface area contributed by atoms with Crippen molar-refractivity contribution in [3.05, 3.63) is 29.3 Å². The van der Waals surface area contributed by atoms with Crippen molar-refractivity contribution in [2.75, 3.05) is 7.11 Å². The summed E-state index contributed by atoms with van der Waals surface area (Å²) in [6, 6.07) is 5.24. The maximum atomic E-state index is 14.0. The molecule has 0 spiro atoms. The second-order valence-electron chi connectivity index (χ2n) is 6.33. The predicted octanol–water partition coefficient (Wildman–Crippen LogP) is 4.00. The molecular weight excluding hydrogens is 309 g/mol. The van der Waals surface area contributed by atoms with Gasteiger partial charge in [0, 0.05) is 12.8 Å². The first-order valence-electron chi connectivity index (χ1n) is 7.70. The van der Waals surface area contributed by atoms with Crippen LogP contribution in [0.15, 0.2) is 18.2 Å². The number of benzene rings is 1. The van der Waals surface area contributed by atoms with E-state index >= 15 is 0 Å². The standard InChI is InChI=1S/C17H19F3O3/c1-10(21)23-15-6-5-14-13-4-3-12(22-2)9-11(13)7-8-16(14,15)17(18,19)20/h3-4,9,14-15H,5-8H2,1-2H3/t14-,15-,16+/m0/s1. The molecule has 3 nitrogen and oxygen atoms in total. The second kappa shape index (κ2) is 5.42. The molecule has 0 saturated heterocycles. The molecular formula is C17H19F3O3. The number of carbonyl (C=O) groups excluding carboxylic acids is 1. The molecule has 0 N–H and O–H groups in total. The van der Waals surface area contributed by atoms with Gasteiger partial charge in [-0.25, -0.2) is 0 Å². The van der Waals surface area contributed by atoms with E-state index in [1.165, 1.54) is 14.0 Å². The summed E-state index contributed by atoms with van der Waals surface area (Å²) in [4.78, 5) is 11.3. The van der Waals surface area contributed by atoms with E-state index < -0.39 is 29.6 Å². The molecule has 1 fully saturated rings. The molecule has 126 valence electrons. The third-order valence-corrected chi connectivity index (χ3v) is 5.28. The summed E-state index contributed by atoms with van der Waals surface area (Å²) in [7, 11) is 1.54. The molecule has 0 heterocycles. The van der Waals surface area contributed by atoms with Crippen LogP contribution in [0.5, 0.6) is 5.75 Å². The highest BCUT2D eigenvalue weighted by molar-refractivity contribution is 5.66. The zero-order valence-electron chi connectivity index (χ0n) is 13.1. The highest BCUT2D eigenvalue weighted by atomic mass is 19.4. The highest BCUT2D eigenvalue weighted by Gasteiger charge is 2.68. The molecule has 0 amide bonds. The van der Waals surface area contributed by atoms with Crippen molar-refractivity contribution in [2.45, 2.75) is 50.8 Å². The van der Waals surface area contributed by atoms with E-state index in [0.29, 0.717) is 24.2 Å². The molecule has 3 atom stereocenters. The topological polar surface area (TPSA) is 35.5 Å². The van der Waals surface area contributed by atoms with Gasteiger partial charge in [0.15, 0.2) is 0 Å². The number of esters is 1. The van der Waals surface area contributed by atoms with E-state index in [1.807, 2.05) is 6.07 Å². The van der Waals surface area contributed by atoms with Crippen LogP contribution in [0.3, 0.4) is 0 Å². The van der Waals surface area contributed by atoms with Crippen LogP contribution in [0.1, 0.15) is 43.2 Å². The Bertz CT molecular complexity index is 626. The van der Waals surface area contributed by atoms with Crippen LogP contribution in [-0.4, -0.2) is 25.4 Å². The zero-order chi connectivity index (χ0) is 16.8. The molecule has 0 unspecified atom stereocenters. The third kappa shape index (κ3) is 2.39. The van der Waals surface area contributed by atoms with E-state index in [4.69, 9.17) is 9.47 Å². The van der Waals surface area contributed by atoms with Gasteiger partial charge in [-0.2, -0.15) is 13.2 Å². The van der Waals surface area contributed by atoms with Crippen LogP contribution in [0.25, 0.3) is 0 Å². The number of methoxy groups -OCH3 is 1. The van der Waals surface area contributed by atoms with Crippen molar-refractivity contribution in [1.82, 2.24) is 0 Å². The molecule has 2 aliphatic rings. The van der Waals surface area contributed by atoms with Crippen LogP contribution in [0.4, 0.5) is 13.2 Å². The van der Waals surface area contributed by atoms with Gasteiger partial charge >= 0.3 is 12.1 Å². The van der Waals surface area contributed by atoms with Gasteiger partial charge in [0.05, 0.1) is 7.11 Å². The Kier molecular flexibility index (Phi) is 3.81. The van der Waals surface area contributed by atoms with Crippen LogP contribution in [0, 0.1) is 5.41 Å². The highest BCUT2D eigenvalue weighted by Crippen LogP contribution is 2.64. The second-order valence-corrected chi connectivity index (χ2v) is 6.33. The number of fused-ring (bicyclic) bond motifs is 3. The molecule has 0 aliphatic heterocycles. The van der Waals surface area contributed by atoms with E-state index in [-0.39, 0.29) is 12.8 Å². The van der Waals surface area contributed by atoms with Crippen LogP contribution >= 0.6 is 0 Å². The third-order valence-electron chi connectivity index (χ3n) is 5.28. The van der Waals surface area contributed by atoms with Gasteiger partial charge in [-0.05, 0) is 48.9 Å². The van der Waals surface area contributed by atoms with Gasteiger partial charge in [-0.15, -0.1) is 0 Å². The number of carbonyl (C=O) groups is 1. The van der Waals surface area contributed by atoms with Crippen molar-refractivity contribution in [3.63, 3.8) is 0 Å². The van der Waals surface area contributed by atoms with E-state index in [0.717, 1.165) is 5.56 Å². The fraction of sp³-hybridized carbons (Fsp3) is 0.588. The molecule has 0 aromatic heterocycles. The molecule has 1 saturated carbocycles. The lowest BCUT2D eigenvalue weighted by Gasteiger charge is -2.44. The predicted molar refractivity (Wildman–Crippen MR) is 77.3 cm³/mol. The van der Waals surface area contributed by atoms with Gasteiger partial charge in [0.2, 0.25) is 0 Å². The van der Waals surface area contributed by atoms with Crippen molar-refractivity contribution in [2.24, 2.45) is 5.41 Å². The molecule has 0 radical (unpaired) electrons. The Labute approximate surface area is 132 Å². The first-order valence-corrected chi connectivity index (χ1v) is 7.70. The SMILES string of the molecule is COc1ccc2c(c1)CC[C@]1(C(F)(F)F)[C@@H](OC(C)=O)CC[C@@H]21. The molecule has 0 bridgehead atoms.